The maximum absolute atomic E-state index is 11.9. The van der Waals surface area contributed by atoms with Crippen molar-refractivity contribution in [1.29, 1.82) is 0 Å². The first-order valence-corrected chi connectivity index (χ1v) is 7.50. The SMILES string of the molecule is COC(=O)c1ccccc1NC(=O)CCNCC1CCCO1. The molecule has 1 aromatic rings. The maximum Gasteiger partial charge on any atom is 0.339 e. The Bertz CT molecular complexity index is 513. The van der Waals surface area contributed by atoms with Gasteiger partial charge < -0.3 is 20.1 Å². The predicted octanol–water partition coefficient (Wildman–Crippen LogP) is 1.57. The summed E-state index contributed by atoms with van der Waals surface area (Å²) >= 11 is 0. The number of methoxy groups -OCH3 is 1. The van der Waals surface area contributed by atoms with Crippen LogP contribution < -0.4 is 10.6 Å². The Kier molecular flexibility index (Phi) is 6.36. The molecule has 0 saturated carbocycles. The van der Waals surface area contributed by atoms with Crippen molar-refractivity contribution in [2.24, 2.45) is 0 Å². The van der Waals surface area contributed by atoms with E-state index in [-0.39, 0.29) is 12.0 Å². The molecule has 0 spiro atoms. The monoisotopic (exact) mass is 306 g/mol. The molecule has 0 aromatic heterocycles. The number of rotatable bonds is 7. The Balaban J connectivity index is 1.75. The normalized spacial score (nSPS) is 17.2. The van der Waals surface area contributed by atoms with E-state index in [0.29, 0.717) is 24.2 Å². The van der Waals surface area contributed by atoms with Crippen LogP contribution in [-0.4, -0.2) is 44.8 Å². The average Bonchev–Trinajstić information content (AvgIpc) is 3.05. The molecule has 1 atom stereocenters. The molecule has 6 nitrogen and oxygen atoms in total. The topological polar surface area (TPSA) is 76.7 Å². The predicted molar refractivity (Wildman–Crippen MR) is 82.9 cm³/mol. The van der Waals surface area contributed by atoms with Crippen LogP contribution >= 0.6 is 0 Å². The van der Waals surface area contributed by atoms with Crippen molar-refractivity contribution in [3.05, 3.63) is 29.8 Å². The molecule has 0 aliphatic carbocycles. The first-order chi connectivity index (χ1) is 10.7. The third-order valence-corrected chi connectivity index (χ3v) is 3.53. The molecule has 1 unspecified atom stereocenters. The lowest BCUT2D eigenvalue weighted by atomic mass is 10.1. The van der Waals surface area contributed by atoms with E-state index in [2.05, 4.69) is 10.6 Å². The van der Waals surface area contributed by atoms with Crippen LogP contribution in [-0.2, 0) is 14.3 Å². The van der Waals surface area contributed by atoms with Gasteiger partial charge >= 0.3 is 5.97 Å². The summed E-state index contributed by atoms with van der Waals surface area (Å²) in [6.45, 7) is 2.18. The number of nitrogens with one attached hydrogen (secondary N) is 2. The molecule has 1 aromatic carbocycles. The summed E-state index contributed by atoms with van der Waals surface area (Å²) < 4.78 is 10.2. The molecule has 1 amide bonds. The molecule has 1 fully saturated rings. The van der Waals surface area contributed by atoms with Crippen molar-refractivity contribution in [2.45, 2.75) is 25.4 Å². The van der Waals surface area contributed by atoms with Gasteiger partial charge in [0.2, 0.25) is 5.91 Å². The fraction of sp³-hybridized carbons (Fsp3) is 0.500. The standard InChI is InChI=1S/C16H22N2O4/c1-21-16(20)13-6-2-3-7-14(13)18-15(19)8-9-17-11-12-5-4-10-22-12/h2-3,6-7,12,17H,4-5,8-11H2,1H3,(H,18,19). The second-order valence-corrected chi connectivity index (χ2v) is 5.17. The van der Waals surface area contributed by atoms with Gasteiger partial charge in [0.25, 0.3) is 0 Å². The number of hydrogen-bond donors (Lipinski definition) is 2. The van der Waals surface area contributed by atoms with Gasteiger partial charge in [0.05, 0.1) is 24.5 Å². The number of carbonyl (C=O) groups is 2. The van der Waals surface area contributed by atoms with Crippen molar-refractivity contribution in [2.75, 3.05) is 32.1 Å². The van der Waals surface area contributed by atoms with E-state index in [1.807, 2.05) is 0 Å². The van der Waals surface area contributed by atoms with E-state index in [4.69, 9.17) is 9.47 Å². The number of hydrogen-bond acceptors (Lipinski definition) is 5. The van der Waals surface area contributed by atoms with Gasteiger partial charge in [-0.1, -0.05) is 12.1 Å². The minimum absolute atomic E-state index is 0.142. The summed E-state index contributed by atoms with van der Waals surface area (Å²) in [7, 11) is 1.32. The Hall–Kier alpha value is -1.92. The largest absolute Gasteiger partial charge is 0.465 e. The molecule has 120 valence electrons. The van der Waals surface area contributed by atoms with Gasteiger partial charge in [0.1, 0.15) is 0 Å². The molecule has 0 bridgehead atoms. The maximum atomic E-state index is 11.9. The van der Waals surface area contributed by atoms with Crippen LogP contribution in [0.15, 0.2) is 24.3 Å². The summed E-state index contributed by atoms with van der Waals surface area (Å²) in [5, 5.41) is 5.96. The van der Waals surface area contributed by atoms with Crippen molar-refractivity contribution in [3.8, 4) is 0 Å². The average molecular weight is 306 g/mol. The first kappa shape index (κ1) is 16.5. The second kappa shape index (κ2) is 8.51. The van der Waals surface area contributed by atoms with Gasteiger partial charge in [-0.25, -0.2) is 4.79 Å². The second-order valence-electron chi connectivity index (χ2n) is 5.17. The third-order valence-electron chi connectivity index (χ3n) is 3.53. The number of anilines is 1. The van der Waals surface area contributed by atoms with Crippen molar-refractivity contribution < 1.29 is 19.1 Å². The van der Waals surface area contributed by atoms with E-state index in [1.54, 1.807) is 24.3 Å². The molecule has 2 rings (SSSR count). The third kappa shape index (κ3) is 4.82. The number of carbonyl (C=O) groups excluding carboxylic acids is 2. The highest BCUT2D eigenvalue weighted by molar-refractivity contribution is 6.01. The number of amides is 1. The summed E-state index contributed by atoms with van der Waals surface area (Å²) in [4.78, 5) is 23.6. The van der Waals surface area contributed by atoms with E-state index >= 15 is 0 Å². The Labute approximate surface area is 130 Å². The number of para-hydroxylation sites is 1. The molecule has 0 radical (unpaired) electrons. The van der Waals surface area contributed by atoms with Gasteiger partial charge in [-0.3, -0.25) is 4.79 Å². The molecule has 1 aliphatic rings. The van der Waals surface area contributed by atoms with Crippen molar-refractivity contribution >= 4 is 17.6 Å². The van der Waals surface area contributed by atoms with E-state index in [1.165, 1.54) is 7.11 Å². The highest BCUT2D eigenvalue weighted by Gasteiger charge is 2.15. The number of benzene rings is 1. The van der Waals surface area contributed by atoms with Crippen molar-refractivity contribution in [3.63, 3.8) is 0 Å². The number of ether oxygens (including phenoxy) is 2. The lowest BCUT2D eigenvalue weighted by Crippen LogP contribution is -2.29. The molecule has 22 heavy (non-hydrogen) atoms. The molecule has 1 heterocycles. The van der Waals surface area contributed by atoms with Gasteiger partial charge in [-0.2, -0.15) is 0 Å². The van der Waals surface area contributed by atoms with Crippen LogP contribution in [0.4, 0.5) is 5.69 Å². The fourth-order valence-corrected chi connectivity index (χ4v) is 2.36. The Morgan fingerprint density at radius 1 is 1.36 bits per heavy atom. The first-order valence-electron chi connectivity index (χ1n) is 7.50. The summed E-state index contributed by atoms with van der Waals surface area (Å²) in [6.07, 6.45) is 2.79. The van der Waals surface area contributed by atoms with Gasteiger partial charge in [0.15, 0.2) is 0 Å². The summed E-state index contributed by atoms with van der Waals surface area (Å²) in [5.41, 5.74) is 0.823. The van der Waals surface area contributed by atoms with Crippen LogP contribution in [0.2, 0.25) is 0 Å². The van der Waals surface area contributed by atoms with Gasteiger partial charge in [-0.05, 0) is 25.0 Å². The minimum atomic E-state index is -0.465. The molecule has 6 heteroatoms. The van der Waals surface area contributed by atoms with Gasteiger partial charge in [-0.15, -0.1) is 0 Å². The van der Waals surface area contributed by atoms with E-state index in [9.17, 15) is 9.59 Å². The molecule has 1 aliphatic heterocycles. The summed E-state index contributed by atoms with van der Waals surface area (Å²) in [5.74, 6) is -0.608. The van der Waals surface area contributed by atoms with Crippen LogP contribution in [0.25, 0.3) is 0 Å². The molecular weight excluding hydrogens is 284 g/mol. The Morgan fingerprint density at radius 3 is 2.91 bits per heavy atom. The van der Waals surface area contributed by atoms with Crippen LogP contribution in [0.1, 0.15) is 29.6 Å². The zero-order valence-electron chi connectivity index (χ0n) is 12.8. The highest BCUT2D eigenvalue weighted by atomic mass is 16.5. The quantitative estimate of drug-likeness (QED) is 0.591. The Morgan fingerprint density at radius 2 is 2.18 bits per heavy atom. The van der Waals surface area contributed by atoms with Crippen LogP contribution in [0.5, 0.6) is 0 Å². The van der Waals surface area contributed by atoms with E-state index in [0.717, 1.165) is 26.0 Å². The minimum Gasteiger partial charge on any atom is -0.465 e. The summed E-state index contributed by atoms with van der Waals surface area (Å²) in [6, 6.07) is 6.80. The zero-order valence-corrected chi connectivity index (χ0v) is 12.8. The molecule has 2 N–H and O–H groups in total. The lowest BCUT2D eigenvalue weighted by molar-refractivity contribution is -0.116. The molecular formula is C16H22N2O4. The highest BCUT2D eigenvalue weighted by Crippen LogP contribution is 2.16. The van der Waals surface area contributed by atoms with Crippen molar-refractivity contribution in [1.82, 2.24) is 5.32 Å². The van der Waals surface area contributed by atoms with Crippen LogP contribution in [0.3, 0.4) is 0 Å². The van der Waals surface area contributed by atoms with Crippen LogP contribution in [0, 0.1) is 0 Å². The van der Waals surface area contributed by atoms with Gasteiger partial charge in [0, 0.05) is 26.1 Å². The van der Waals surface area contributed by atoms with E-state index < -0.39 is 5.97 Å². The zero-order chi connectivity index (χ0) is 15.8. The fourth-order valence-electron chi connectivity index (χ4n) is 2.36. The smallest absolute Gasteiger partial charge is 0.339 e. The molecule has 1 saturated heterocycles. The lowest BCUT2D eigenvalue weighted by Gasteiger charge is -2.11. The number of esters is 1.